The molecule has 0 aromatic heterocycles. The van der Waals surface area contributed by atoms with Crippen molar-refractivity contribution in [1.82, 2.24) is 5.48 Å². The van der Waals surface area contributed by atoms with E-state index >= 15 is 0 Å². The van der Waals surface area contributed by atoms with Gasteiger partial charge in [0.15, 0.2) is 0 Å². The maximum absolute atomic E-state index is 10.5. The third-order valence-electron chi connectivity index (χ3n) is 1.13. The molecule has 0 bridgehead atoms. The molecule has 0 aliphatic carbocycles. The van der Waals surface area contributed by atoms with Gasteiger partial charge in [-0.05, 0) is 5.92 Å². The Kier molecular flexibility index (Phi) is 3.19. The second-order valence-corrected chi connectivity index (χ2v) is 2.25. The van der Waals surface area contributed by atoms with Gasteiger partial charge in [-0.1, -0.05) is 13.8 Å². The van der Waals surface area contributed by atoms with Gasteiger partial charge in [0.25, 0.3) is 5.91 Å². The van der Waals surface area contributed by atoms with Gasteiger partial charge in [0.05, 0.1) is 6.04 Å². The minimum Gasteiger partial charge on any atom is -0.320 e. The number of hydroxylamine groups is 1. The number of nitrogens with one attached hydrogen (secondary N) is 1. The second kappa shape index (κ2) is 3.42. The van der Waals surface area contributed by atoms with Crippen molar-refractivity contribution in [2.75, 3.05) is 0 Å². The fraction of sp³-hybridized carbons (Fsp3) is 0.800. The highest BCUT2D eigenvalue weighted by atomic mass is 16.5. The molecule has 4 heteroatoms. The number of nitrogens with two attached hydrogens (primary N) is 1. The summed E-state index contributed by atoms with van der Waals surface area (Å²) in [6.07, 6.45) is 0. The maximum Gasteiger partial charge on any atom is 0.260 e. The Morgan fingerprint density at radius 3 is 2.22 bits per heavy atom. The van der Waals surface area contributed by atoms with Crippen LogP contribution in [0.15, 0.2) is 0 Å². The van der Waals surface area contributed by atoms with Gasteiger partial charge >= 0.3 is 0 Å². The number of carbonyl (C=O) groups is 1. The Morgan fingerprint density at radius 2 is 2.11 bits per heavy atom. The van der Waals surface area contributed by atoms with E-state index in [0.29, 0.717) is 0 Å². The first-order valence-electron chi connectivity index (χ1n) is 2.79. The monoisotopic (exact) mass is 132 g/mol. The summed E-state index contributed by atoms with van der Waals surface area (Å²) in [5.41, 5.74) is 6.78. The number of amides is 1. The van der Waals surface area contributed by atoms with Crippen LogP contribution in [0, 0.1) is 5.92 Å². The van der Waals surface area contributed by atoms with Crippen LogP contribution in [0.1, 0.15) is 13.8 Å². The first-order valence-corrected chi connectivity index (χ1v) is 2.79. The van der Waals surface area contributed by atoms with Gasteiger partial charge in [-0.25, -0.2) is 5.48 Å². The molecule has 4 N–H and O–H groups in total. The van der Waals surface area contributed by atoms with Crippen molar-refractivity contribution >= 4 is 5.91 Å². The fourth-order valence-corrected chi connectivity index (χ4v) is 0.377. The molecule has 1 unspecified atom stereocenters. The minimum absolute atomic E-state index is 0.0529. The standard InChI is InChI=1S/C5H12N2O2/c1-3(2)4(6)5(8)7-9/h3-4,9H,6H2,1-2H3,(H,7,8). The first kappa shape index (κ1) is 8.39. The van der Waals surface area contributed by atoms with Crippen LogP contribution in [-0.4, -0.2) is 17.2 Å². The average Bonchev–Trinajstić information content (AvgIpc) is 1.84. The third-order valence-corrected chi connectivity index (χ3v) is 1.13. The third kappa shape index (κ3) is 2.43. The summed E-state index contributed by atoms with van der Waals surface area (Å²) in [6, 6.07) is -0.616. The molecule has 54 valence electrons. The van der Waals surface area contributed by atoms with Crippen LogP contribution >= 0.6 is 0 Å². The van der Waals surface area contributed by atoms with Crippen LogP contribution in [-0.2, 0) is 4.79 Å². The normalized spacial score (nSPS) is 13.4. The molecule has 0 heterocycles. The number of carbonyl (C=O) groups excluding carboxylic acids is 1. The van der Waals surface area contributed by atoms with Gasteiger partial charge in [0.1, 0.15) is 0 Å². The van der Waals surface area contributed by atoms with Crippen molar-refractivity contribution in [3.63, 3.8) is 0 Å². The van der Waals surface area contributed by atoms with E-state index in [-0.39, 0.29) is 5.92 Å². The summed E-state index contributed by atoms with van der Waals surface area (Å²) >= 11 is 0. The Hall–Kier alpha value is -0.610. The molecule has 4 nitrogen and oxygen atoms in total. The fourth-order valence-electron chi connectivity index (χ4n) is 0.377. The summed E-state index contributed by atoms with van der Waals surface area (Å²) in [5, 5.41) is 8.07. The van der Waals surface area contributed by atoms with Gasteiger partial charge in [-0.3, -0.25) is 10.0 Å². The van der Waals surface area contributed by atoms with Crippen LogP contribution in [0.25, 0.3) is 0 Å². The van der Waals surface area contributed by atoms with Crippen molar-refractivity contribution in [3.05, 3.63) is 0 Å². The molecule has 0 fully saturated rings. The molecule has 1 amide bonds. The molecular formula is C5H12N2O2. The summed E-state index contributed by atoms with van der Waals surface area (Å²) in [6.45, 7) is 3.61. The minimum atomic E-state index is -0.616. The molecule has 0 rings (SSSR count). The molecule has 0 saturated heterocycles. The van der Waals surface area contributed by atoms with Crippen LogP contribution in [0.3, 0.4) is 0 Å². The van der Waals surface area contributed by atoms with Crippen LogP contribution in [0.4, 0.5) is 0 Å². The lowest BCUT2D eigenvalue weighted by Crippen LogP contribution is -2.42. The van der Waals surface area contributed by atoms with E-state index in [1.54, 1.807) is 13.8 Å². The Labute approximate surface area is 54.0 Å². The van der Waals surface area contributed by atoms with Crippen molar-refractivity contribution < 1.29 is 10.0 Å². The highest BCUT2D eigenvalue weighted by Gasteiger charge is 2.15. The molecule has 1 atom stereocenters. The SMILES string of the molecule is CC(C)C(N)C(=O)NO. The molecule has 0 saturated carbocycles. The molecule has 0 spiro atoms. The van der Waals surface area contributed by atoms with Crippen molar-refractivity contribution in [3.8, 4) is 0 Å². The second-order valence-electron chi connectivity index (χ2n) is 2.25. The molecular weight excluding hydrogens is 120 g/mol. The molecule has 0 aromatic rings. The summed E-state index contributed by atoms with van der Waals surface area (Å²) in [5.74, 6) is -0.484. The lowest BCUT2D eigenvalue weighted by molar-refractivity contribution is -0.131. The van der Waals surface area contributed by atoms with Crippen LogP contribution < -0.4 is 11.2 Å². The zero-order valence-electron chi connectivity index (χ0n) is 5.59. The Bertz CT molecular complexity index is 103. The highest BCUT2D eigenvalue weighted by Crippen LogP contribution is 1.96. The van der Waals surface area contributed by atoms with Crippen LogP contribution in [0.5, 0.6) is 0 Å². The molecule has 0 radical (unpaired) electrons. The van der Waals surface area contributed by atoms with Gasteiger partial charge in [0, 0.05) is 0 Å². The predicted octanol–water partition coefficient (Wildman–Crippen LogP) is -0.525. The molecule has 0 aromatic carbocycles. The number of rotatable bonds is 2. The van der Waals surface area contributed by atoms with Crippen LogP contribution in [0.2, 0.25) is 0 Å². The first-order chi connectivity index (χ1) is 4.09. The smallest absolute Gasteiger partial charge is 0.260 e. The van der Waals surface area contributed by atoms with E-state index < -0.39 is 11.9 Å². The lowest BCUT2D eigenvalue weighted by atomic mass is 10.1. The molecule has 9 heavy (non-hydrogen) atoms. The van der Waals surface area contributed by atoms with Gasteiger partial charge in [-0.2, -0.15) is 0 Å². The topological polar surface area (TPSA) is 75.4 Å². The largest absolute Gasteiger partial charge is 0.320 e. The van der Waals surface area contributed by atoms with Crippen molar-refractivity contribution in [2.24, 2.45) is 11.7 Å². The average molecular weight is 132 g/mol. The van der Waals surface area contributed by atoms with Gasteiger partial charge in [-0.15, -0.1) is 0 Å². The van der Waals surface area contributed by atoms with E-state index in [9.17, 15) is 4.79 Å². The molecule has 0 aliphatic heterocycles. The van der Waals surface area contributed by atoms with Gasteiger partial charge < -0.3 is 5.73 Å². The number of hydrogen-bond acceptors (Lipinski definition) is 3. The molecule has 0 aliphatic rings. The summed E-state index contributed by atoms with van der Waals surface area (Å²) < 4.78 is 0. The zero-order chi connectivity index (χ0) is 7.44. The van der Waals surface area contributed by atoms with E-state index in [1.165, 1.54) is 5.48 Å². The van der Waals surface area contributed by atoms with Crippen molar-refractivity contribution in [1.29, 1.82) is 0 Å². The Balaban J connectivity index is 3.72. The quantitative estimate of drug-likeness (QED) is 0.349. The van der Waals surface area contributed by atoms with E-state index in [4.69, 9.17) is 10.9 Å². The van der Waals surface area contributed by atoms with Gasteiger partial charge in [0.2, 0.25) is 0 Å². The lowest BCUT2D eigenvalue weighted by Gasteiger charge is -2.11. The maximum atomic E-state index is 10.5. The van der Waals surface area contributed by atoms with E-state index in [2.05, 4.69) is 0 Å². The predicted molar refractivity (Wildman–Crippen MR) is 32.7 cm³/mol. The van der Waals surface area contributed by atoms with Crippen molar-refractivity contribution in [2.45, 2.75) is 19.9 Å². The number of hydrogen-bond donors (Lipinski definition) is 3. The van der Waals surface area contributed by atoms with E-state index in [1.807, 2.05) is 0 Å². The summed E-state index contributed by atoms with van der Waals surface area (Å²) in [7, 11) is 0. The Morgan fingerprint density at radius 1 is 1.67 bits per heavy atom. The van der Waals surface area contributed by atoms with E-state index in [0.717, 1.165) is 0 Å². The highest BCUT2D eigenvalue weighted by molar-refractivity contribution is 5.80. The zero-order valence-corrected chi connectivity index (χ0v) is 5.59. The summed E-state index contributed by atoms with van der Waals surface area (Å²) in [4.78, 5) is 10.5.